The molecule has 1 unspecified atom stereocenters. The van der Waals surface area contributed by atoms with Crippen LogP contribution >= 0.6 is 0 Å². The average molecular weight is 159 g/mol. The molecule has 0 fully saturated rings. The van der Waals surface area contributed by atoms with E-state index < -0.39 is 0 Å². The Morgan fingerprint density at radius 3 is 2.82 bits per heavy atom. The number of methoxy groups -OCH3 is 1. The molecule has 0 rings (SSSR count). The normalized spacial score (nSPS) is 12.5. The lowest BCUT2D eigenvalue weighted by molar-refractivity contribution is -0.133. The number of hydrogen-bond acceptors (Lipinski definition) is 3. The minimum Gasteiger partial charge on any atom is -0.465 e. The van der Waals surface area contributed by atoms with Gasteiger partial charge >= 0.3 is 0 Å². The molecule has 0 bridgehead atoms. The minimum absolute atomic E-state index is 0.0392. The molecular formula is C8H15O3. The first kappa shape index (κ1) is 10.4. The molecule has 0 amide bonds. The SMILES string of the molecule is [CH2]CC(CCCOC)OC=O. The second-order valence-corrected chi connectivity index (χ2v) is 2.28. The maximum Gasteiger partial charge on any atom is 0.293 e. The molecule has 3 nitrogen and oxygen atoms in total. The Labute approximate surface area is 67.7 Å². The van der Waals surface area contributed by atoms with Crippen molar-refractivity contribution in [3.05, 3.63) is 6.92 Å². The van der Waals surface area contributed by atoms with Gasteiger partial charge in [-0.15, -0.1) is 0 Å². The highest BCUT2D eigenvalue weighted by atomic mass is 16.5. The number of carbonyl (C=O) groups is 1. The van der Waals surface area contributed by atoms with Gasteiger partial charge in [0.05, 0.1) is 0 Å². The van der Waals surface area contributed by atoms with Gasteiger partial charge < -0.3 is 9.47 Å². The fourth-order valence-corrected chi connectivity index (χ4v) is 0.814. The molecule has 0 saturated carbocycles. The summed E-state index contributed by atoms with van der Waals surface area (Å²) >= 11 is 0. The molecule has 0 saturated heterocycles. The van der Waals surface area contributed by atoms with Crippen LogP contribution in [0.3, 0.4) is 0 Å². The number of ether oxygens (including phenoxy) is 2. The predicted octanol–water partition coefficient (Wildman–Crippen LogP) is 1.18. The maximum absolute atomic E-state index is 9.93. The van der Waals surface area contributed by atoms with Gasteiger partial charge in [0.25, 0.3) is 6.47 Å². The number of carbonyl (C=O) groups excluding carboxylic acids is 1. The van der Waals surface area contributed by atoms with Gasteiger partial charge in [-0.1, -0.05) is 0 Å². The van der Waals surface area contributed by atoms with Gasteiger partial charge in [-0.3, -0.25) is 4.79 Å². The van der Waals surface area contributed by atoms with E-state index in [1.54, 1.807) is 7.11 Å². The number of hydrogen-bond donors (Lipinski definition) is 0. The molecular weight excluding hydrogens is 144 g/mol. The highest BCUT2D eigenvalue weighted by Crippen LogP contribution is 2.04. The van der Waals surface area contributed by atoms with E-state index in [2.05, 4.69) is 6.92 Å². The van der Waals surface area contributed by atoms with Gasteiger partial charge in [0, 0.05) is 13.7 Å². The van der Waals surface area contributed by atoms with Crippen molar-refractivity contribution in [3.63, 3.8) is 0 Å². The van der Waals surface area contributed by atoms with Crippen molar-refractivity contribution >= 4 is 6.47 Å². The van der Waals surface area contributed by atoms with Gasteiger partial charge in [0.1, 0.15) is 6.10 Å². The Morgan fingerprint density at radius 1 is 1.64 bits per heavy atom. The van der Waals surface area contributed by atoms with Crippen LogP contribution in [0.5, 0.6) is 0 Å². The van der Waals surface area contributed by atoms with E-state index >= 15 is 0 Å². The quantitative estimate of drug-likeness (QED) is 0.413. The molecule has 0 N–H and O–H groups in total. The van der Waals surface area contributed by atoms with Crippen LogP contribution in [0.4, 0.5) is 0 Å². The van der Waals surface area contributed by atoms with Crippen molar-refractivity contribution in [2.45, 2.75) is 25.4 Å². The van der Waals surface area contributed by atoms with Crippen molar-refractivity contribution in [1.82, 2.24) is 0 Å². The summed E-state index contributed by atoms with van der Waals surface area (Å²) in [4.78, 5) is 9.93. The van der Waals surface area contributed by atoms with Crippen molar-refractivity contribution in [2.24, 2.45) is 0 Å². The molecule has 0 aromatic heterocycles. The zero-order valence-corrected chi connectivity index (χ0v) is 6.91. The average Bonchev–Trinajstić information content (AvgIpc) is 2.03. The first-order chi connectivity index (χ1) is 5.35. The van der Waals surface area contributed by atoms with Crippen molar-refractivity contribution in [3.8, 4) is 0 Å². The van der Waals surface area contributed by atoms with Crippen LogP contribution < -0.4 is 0 Å². The molecule has 1 atom stereocenters. The van der Waals surface area contributed by atoms with Crippen LogP contribution in [0.2, 0.25) is 0 Å². The van der Waals surface area contributed by atoms with Crippen molar-refractivity contribution in [1.29, 1.82) is 0 Å². The van der Waals surface area contributed by atoms with Crippen LogP contribution in [0.1, 0.15) is 19.3 Å². The smallest absolute Gasteiger partial charge is 0.293 e. The largest absolute Gasteiger partial charge is 0.465 e. The maximum atomic E-state index is 9.93. The highest BCUT2D eigenvalue weighted by Gasteiger charge is 2.04. The van der Waals surface area contributed by atoms with Crippen molar-refractivity contribution < 1.29 is 14.3 Å². The molecule has 65 valence electrons. The lowest BCUT2D eigenvalue weighted by Crippen LogP contribution is -2.11. The van der Waals surface area contributed by atoms with E-state index in [9.17, 15) is 4.79 Å². The molecule has 1 radical (unpaired) electrons. The monoisotopic (exact) mass is 159 g/mol. The van der Waals surface area contributed by atoms with E-state index in [-0.39, 0.29) is 6.10 Å². The summed E-state index contributed by atoms with van der Waals surface area (Å²) in [5, 5.41) is 0. The summed E-state index contributed by atoms with van der Waals surface area (Å²) in [5.41, 5.74) is 0. The third-order valence-electron chi connectivity index (χ3n) is 1.44. The van der Waals surface area contributed by atoms with E-state index in [4.69, 9.17) is 9.47 Å². The first-order valence-corrected chi connectivity index (χ1v) is 3.72. The van der Waals surface area contributed by atoms with E-state index in [1.165, 1.54) is 0 Å². The Kier molecular flexibility index (Phi) is 7.15. The lowest BCUT2D eigenvalue weighted by Gasteiger charge is -2.11. The Bertz CT molecular complexity index is 93.3. The van der Waals surface area contributed by atoms with Gasteiger partial charge in [0.2, 0.25) is 0 Å². The third-order valence-corrected chi connectivity index (χ3v) is 1.44. The van der Waals surface area contributed by atoms with Gasteiger partial charge in [-0.25, -0.2) is 0 Å². The fraction of sp³-hybridized carbons (Fsp3) is 0.750. The van der Waals surface area contributed by atoms with Crippen molar-refractivity contribution in [2.75, 3.05) is 13.7 Å². The summed E-state index contributed by atoms with van der Waals surface area (Å²) in [5.74, 6) is 0. The van der Waals surface area contributed by atoms with Gasteiger partial charge in [-0.05, 0) is 26.2 Å². The topological polar surface area (TPSA) is 35.5 Å². The molecule has 0 aromatic rings. The van der Waals surface area contributed by atoms with Crippen LogP contribution in [0.15, 0.2) is 0 Å². The van der Waals surface area contributed by atoms with Crippen LogP contribution in [-0.4, -0.2) is 26.3 Å². The molecule has 0 aliphatic heterocycles. The van der Waals surface area contributed by atoms with Crippen LogP contribution in [0.25, 0.3) is 0 Å². The summed E-state index contributed by atoms with van der Waals surface area (Å²) in [6.45, 7) is 4.84. The molecule has 0 spiro atoms. The highest BCUT2D eigenvalue weighted by molar-refractivity contribution is 5.37. The summed E-state index contributed by atoms with van der Waals surface area (Å²) in [6, 6.07) is 0. The molecule has 0 aliphatic carbocycles. The van der Waals surface area contributed by atoms with Crippen LogP contribution in [-0.2, 0) is 14.3 Å². The molecule has 0 aliphatic rings. The standard InChI is InChI=1S/C8H15O3/c1-3-8(11-7-9)5-4-6-10-2/h7-8H,1,3-6H2,2H3. The van der Waals surface area contributed by atoms with E-state index in [0.717, 1.165) is 12.8 Å². The second kappa shape index (κ2) is 7.54. The Morgan fingerprint density at radius 2 is 2.36 bits per heavy atom. The second-order valence-electron chi connectivity index (χ2n) is 2.28. The first-order valence-electron chi connectivity index (χ1n) is 3.72. The fourth-order valence-electron chi connectivity index (χ4n) is 0.814. The summed E-state index contributed by atoms with van der Waals surface area (Å²) < 4.78 is 9.59. The van der Waals surface area contributed by atoms with E-state index in [1.807, 2.05) is 0 Å². The third kappa shape index (κ3) is 5.85. The zero-order valence-electron chi connectivity index (χ0n) is 6.91. The molecule has 3 heteroatoms. The van der Waals surface area contributed by atoms with Gasteiger partial charge in [0.15, 0.2) is 0 Å². The minimum atomic E-state index is -0.0392. The summed E-state index contributed by atoms with van der Waals surface area (Å²) in [6.07, 6.45) is 2.32. The molecule has 0 heterocycles. The lowest BCUT2D eigenvalue weighted by atomic mass is 10.1. The van der Waals surface area contributed by atoms with Gasteiger partial charge in [-0.2, -0.15) is 0 Å². The summed E-state index contributed by atoms with van der Waals surface area (Å²) in [7, 11) is 1.65. The molecule has 0 aromatic carbocycles. The predicted molar refractivity (Wildman–Crippen MR) is 42.0 cm³/mol. The number of rotatable bonds is 7. The van der Waals surface area contributed by atoms with E-state index in [0.29, 0.717) is 19.5 Å². The zero-order chi connectivity index (χ0) is 8.53. The Balaban J connectivity index is 3.27. The molecule has 11 heavy (non-hydrogen) atoms. The Hall–Kier alpha value is -0.570. The van der Waals surface area contributed by atoms with Crippen LogP contribution in [0, 0.1) is 6.92 Å².